The summed E-state index contributed by atoms with van der Waals surface area (Å²) in [7, 11) is 0. The van der Waals surface area contributed by atoms with E-state index >= 15 is 0 Å². The predicted molar refractivity (Wildman–Crippen MR) is 90.0 cm³/mol. The Morgan fingerprint density at radius 2 is 1.95 bits per heavy atom. The Hall–Kier alpha value is -2.40. The molecule has 2 aromatic carbocycles. The first kappa shape index (κ1) is 14.5. The highest BCUT2D eigenvalue weighted by molar-refractivity contribution is 9.10. The molecule has 3 aromatic rings. The molecule has 0 bridgehead atoms. The van der Waals surface area contributed by atoms with Crippen LogP contribution in [0.5, 0.6) is 5.75 Å². The van der Waals surface area contributed by atoms with Crippen LogP contribution in [0.25, 0.3) is 10.9 Å². The topological polar surface area (TPSA) is 51.2 Å². The lowest BCUT2D eigenvalue weighted by Crippen LogP contribution is -2.20. The minimum Gasteiger partial charge on any atom is -0.484 e. The largest absolute Gasteiger partial charge is 0.484 e. The van der Waals surface area contributed by atoms with Gasteiger partial charge in [-0.05, 0) is 30.3 Å². The molecule has 0 aliphatic carbocycles. The van der Waals surface area contributed by atoms with Gasteiger partial charge in [0.15, 0.2) is 6.61 Å². The van der Waals surface area contributed by atoms with Crippen LogP contribution in [-0.4, -0.2) is 17.5 Å². The molecule has 110 valence electrons. The van der Waals surface area contributed by atoms with Crippen molar-refractivity contribution in [2.75, 3.05) is 11.9 Å². The highest BCUT2D eigenvalue weighted by Gasteiger charge is 2.07. The fraction of sp³-hybridized carbons (Fsp3) is 0.0588. The number of nitrogens with zero attached hydrogens (tertiary/aromatic N) is 1. The van der Waals surface area contributed by atoms with E-state index in [1.54, 1.807) is 12.3 Å². The third-order valence-corrected chi connectivity index (χ3v) is 3.57. The minimum absolute atomic E-state index is 0.0559. The Labute approximate surface area is 136 Å². The highest BCUT2D eigenvalue weighted by atomic mass is 79.9. The maximum Gasteiger partial charge on any atom is 0.262 e. The summed E-state index contributed by atoms with van der Waals surface area (Å²) in [4.78, 5) is 16.3. The van der Waals surface area contributed by atoms with Gasteiger partial charge in [-0.2, -0.15) is 0 Å². The van der Waals surface area contributed by atoms with E-state index in [0.717, 1.165) is 15.4 Å². The molecular formula is C17H13BrN2O2. The first-order valence-corrected chi connectivity index (χ1v) is 7.53. The summed E-state index contributed by atoms with van der Waals surface area (Å²) < 4.78 is 6.38. The molecule has 0 saturated heterocycles. The number of hydrogen-bond acceptors (Lipinski definition) is 3. The number of aromatic nitrogens is 1. The quantitative estimate of drug-likeness (QED) is 0.768. The van der Waals surface area contributed by atoms with Gasteiger partial charge in [0.1, 0.15) is 5.75 Å². The van der Waals surface area contributed by atoms with Crippen LogP contribution in [0.2, 0.25) is 0 Å². The summed E-state index contributed by atoms with van der Waals surface area (Å²) >= 11 is 3.36. The molecule has 1 N–H and O–H groups in total. The molecule has 22 heavy (non-hydrogen) atoms. The molecule has 0 aliphatic rings. The molecule has 0 atom stereocenters. The van der Waals surface area contributed by atoms with Gasteiger partial charge in [-0.3, -0.25) is 9.78 Å². The lowest BCUT2D eigenvalue weighted by Gasteiger charge is -2.09. The third-order valence-electron chi connectivity index (χ3n) is 3.07. The Morgan fingerprint density at radius 1 is 1.14 bits per heavy atom. The fourth-order valence-corrected chi connectivity index (χ4v) is 2.48. The number of carbonyl (C=O) groups excluding carboxylic acids is 1. The second-order valence-corrected chi connectivity index (χ2v) is 5.59. The van der Waals surface area contributed by atoms with Crippen LogP contribution in [0.4, 0.5) is 5.69 Å². The monoisotopic (exact) mass is 356 g/mol. The predicted octanol–water partition coefficient (Wildman–Crippen LogP) is 4.01. The number of hydrogen-bond donors (Lipinski definition) is 1. The van der Waals surface area contributed by atoms with E-state index in [9.17, 15) is 4.79 Å². The van der Waals surface area contributed by atoms with Crippen molar-refractivity contribution >= 4 is 38.4 Å². The van der Waals surface area contributed by atoms with Crippen LogP contribution in [0, 0.1) is 0 Å². The van der Waals surface area contributed by atoms with Gasteiger partial charge in [-0.25, -0.2) is 0 Å². The van der Waals surface area contributed by atoms with Crippen LogP contribution in [0.3, 0.4) is 0 Å². The van der Waals surface area contributed by atoms with E-state index in [1.807, 2.05) is 48.5 Å². The summed E-state index contributed by atoms with van der Waals surface area (Å²) in [5.41, 5.74) is 1.45. The molecular weight excluding hydrogens is 344 g/mol. The Bertz CT molecular complexity index is 815. The number of anilines is 1. The van der Waals surface area contributed by atoms with E-state index in [2.05, 4.69) is 26.2 Å². The molecule has 0 fully saturated rings. The molecule has 5 heteroatoms. The number of amides is 1. The van der Waals surface area contributed by atoms with Crippen molar-refractivity contribution in [1.29, 1.82) is 0 Å². The highest BCUT2D eigenvalue weighted by Crippen LogP contribution is 2.21. The van der Waals surface area contributed by atoms with Gasteiger partial charge in [0.05, 0.1) is 11.2 Å². The maximum absolute atomic E-state index is 12.0. The van der Waals surface area contributed by atoms with Crippen molar-refractivity contribution in [3.63, 3.8) is 0 Å². The van der Waals surface area contributed by atoms with Gasteiger partial charge in [-0.1, -0.05) is 40.2 Å². The SMILES string of the molecule is O=C(COc1cccc(Br)c1)Nc1cccc2cccnc12. The zero-order valence-corrected chi connectivity index (χ0v) is 13.2. The standard InChI is InChI=1S/C17H13BrN2O2/c18-13-6-2-7-14(10-13)22-11-16(21)20-15-8-1-4-12-5-3-9-19-17(12)15/h1-10H,11H2,(H,20,21). The maximum atomic E-state index is 12.0. The molecule has 1 heterocycles. The van der Waals surface area contributed by atoms with Gasteiger partial charge in [0, 0.05) is 16.1 Å². The summed E-state index contributed by atoms with van der Waals surface area (Å²) in [5, 5.41) is 3.81. The van der Waals surface area contributed by atoms with Crippen LogP contribution in [0.1, 0.15) is 0 Å². The summed E-state index contributed by atoms with van der Waals surface area (Å²) in [6.07, 6.45) is 1.70. The zero-order chi connectivity index (χ0) is 15.4. The number of para-hydroxylation sites is 1. The molecule has 0 saturated carbocycles. The number of nitrogens with one attached hydrogen (secondary N) is 1. The van der Waals surface area contributed by atoms with Gasteiger partial charge in [-0.15, -0.1) is 0 Å². The number of halogens is 1. The van der Waals surface area contributed by atoms with E-state index in [1.165, 1.54) is 0 Å². The molecule has 4 nitrogen and oxygen atoms in total. The van der Waals surface area contributed by atoms with E-state index < -0.39 is 0 Å². The molecule has 3 rings (SSSR count). The average molecular weight is 357 g/mol. The fourth-order valence-electron chi connectivity index (χ4n) is 2.10. The Kier molecular flexibility index (Phi) is 4.34. The molecule has 1 amide bonds. The van der Waals surface area contributed by atoms with Gasteiger partial charge >= 0.3 is 0 Å². The summed E-state index contributed by atoms with van der Waals surface area (Å²) in [5.74, 6) is 0.415. The second kappa shape index (κ2) is 6.58. The number of pyridine rings is 1. The average Bonchev–Trinajstić information content (AvgIpc) is 2.53. The van der Waals surface area contributed by atoms with E-state index in [-0.39, 0.29) is 12.5 Å². The van der Waals surface area contributed by atoms with Gasteiger partial charge in [0.25, 0.3) is 5.91 Å². The van der Waals surface area contributed by atoms with Crippen LogP contribution >= 0.6 is 15.9 Å². The molecule has 0 aliphatic heterocycles. The zero-order valence-electron chi connectivity index (χ0n) is 11.6. The second-order valence-electron chi connectivity index (χ2n) is 4.67. The molecule has 0 unspecified atom stereocenters. The number of ether oxygens (including phenoxy) is 1. The summed E-state index contributed by atoms with van der Waals surface area (Å²) in [6.45, 7) is -0.0559. The Morgan fingerprint density at radius 3 is 2.82 bits per heavy atom. The number of fused-ring (bicyclic) bond motifs is 1. The lowest BCUT2D eigenvalue weighted by atomic mass is 10.2. The molecule has 1 aromatic heterocycles. The number of carbonyl (C=O) groups is 1. The molecule has 0 radical (unpaired) electrons. The van der Waals surface area contributed by atoms with Crippen molar-refractivity contribution < 1.29 is 9.53 Å². The van der Waals surface area contributed by atoms with Crippen molar-refractivity contribution in [2.45, 2.75) is 0 Å². The summed E-state index contributed by atoms with van der Waals surface area (Å²) in [6, 6.07) is 16.8. The van der Waals surface area contributed by atoms with Crippen molar-refractivity contribution in [2.24, 2.45) is 0 Å². The van der Waals surface area contributed by atoms with Crippen LogP contribution in [0.15, 0.2) is 65.3 Å². The smallest absolute Gasteiger partial charge is 0.262 e. The first-order chi connectivity index (χ1) is 10.7. The van der Waals surface area contributed by atoms with Crippen molar-refractivity contribution in [1.82, 2.24) is 4.98 Å². The van der Waals surface area contributed by atoms with E-state index in [4.69, 9.17) is 4.74 Å². The minimum atomic E-state index is -0.224. The lowest BCUT2D eigenvalue weighted by molar-refractivity contribution is -0.118. The van der Waals surface area contributed by atoms with Gasteiger partial charge in [0.2, 0.25) is 0 Å². The van der Waals surface area contributed by atoms with Crippen molar-refractivity contribution in [3.05, 3.63) is 65.3 Å². The first-order valence-electron chi connectivity index (χ1n) is 6.74. The normalized spacial score (nSPS) is 10.4. The van der Waals surface area contributed by atoms with Crippen molar-refractivity contribution in [3.8, 4) is 5.75 Å². The van der Waals surface area contributed by atoms with Crippen LogP contribution < -0.4 is 10.1 Å². The number of benzene rings is 2. The Balaban J connectivity index is 1.68. The van der Waals surface area contributed by atoms with E-state index in [0.29, 0.717) is 11.4 Å². The van der Waals surface area contributed by atoms with Crippen LogP contribution in [-0.2, 0) is 4.79 Å². The van der Waals surface area contributed by atoms with Gasteiger partial charge < -0.3 is 10.1 Å². The molecule has 0 spiro atoms. The number of rotatable bonds is 4. The third kappa shape index (κ3) is 3.43.